The standard InChI is InChI=1S/C14H20BrClN2.ClH/c1-14(2)9-18(6-5-13(14)17)8-10-7-11(16)3-4-12(10)15;/h3-4,7,13H,5-6,8-9,17H2,1-2H3;1H. The molecule has 2 N–H and O–H groups in total. The molecule has 0 aliphatic carbocycles. The normalized spacial score (nSPS) is 22.9. The van der Waals surface area contributed by atoms with Gasteiger partial charge in [0.1, 0.15) is 0 Å². The number of benzene rings is 1. The molecule has 1 aliphatic rings. The molecule has 1 saturated heterocycles. The topological polar surface area (TPSA) is 29.3 Å². The summed E-state index contributed by atoms with van der Waals surface area (Å²) < 4.78 is 1.12. The van der Waals surface area contributed by atoms with Crippen molar-refractivity contribution in [3.05, 3.63) is 33.3 Å². The Morgan fingerprint density at radius 2 is 2.16 bits per heavy atom. The van der Waals surface area contributed by atoms with Crippen molar-refractivity contribution in [3.63, 3.8) is 0 Å². The molecule has 5 heteroatoms. The van der Waals surface area contributed by atoms with Crippen LogP contribution in [0.5, 0.6) is 0 Å². The van der Waals surface area contributed by atoms with E-state index in [2.05, 4.69) is 34.7 Å². The Morgan fingerprint density at radius 3 is 2.79 bits per heavy atom. The molecule has 19 heavy (non-hydrogen) atoms. The number of hydrogen-bond donors (Lipinski definition) is 1. The van der Waals surface area contributed by atoms with Crippen LogP contribution in [0.25, 0.3) is 0 Å². The Labute approximate surface area is 135 Å². The summed E-state index contributed by atoms with van der Waals surface area (Å²) in [6.07, 6.45) is 1.06. The molecule has 0 amide bonds. The third kappa shape index (κ3) is 4.33. The van der Waals surface area contributed by atoms with Gasteiger partial charge in [0.25, 0.3) is 0 Å². The SMILES string of the molecule is CC1(C)CN(Cc2cc(Cl)ccc2Br)CCC1N.Cl. The number of nitrogens with two attached hydrogens (primary N) is 1. The van der Waals surface area contributed by atoms with Gasteiger partial charge in [0.2, 0.25) is 0 Å². The highest BCUT2D eigenvalue weighted by Crippen LogP contribution is 2.30. The van der Waals surface area contributed by atoms with E-state index in [1.807, 2.05) is 18.2 Å². The van der Waals surface area contributed by atoms with E-state index in [9.17, 15) is 0 Å². The number of hydrogen-bond acceptors (Lipinski definition) is 2. The molecule has 0 radical (unpaired) electrons. The minimum atomic E-state index is 0. The van der Waals surface area contributed by atoms with Gasteiger partial charge in [-0.15, -0.1) is 12.4 Å². The van der Waals surface area contributed by atoms with Crippen LogP contribution in [0.15, 0.2) is 22.7 Å². The van der Waals surface area contributed by atoms with Gasteiger partial charge in [0.05, 0.1) is 0 Å². The average molecular weight is 368 g/mol. The van der Waals surface area contributed by atoms with E-state index in [1.165, 1.54) is 5.56 Å². The van der Waals surface area contributed by atoms with Gasteiger partial charge >= 0.3 is 0 Å². The number of nitrogens with zero attached hydrogens (tertiary/aromatic N) is 1. The van der Waals surface area contributed by atoms with Crippen LogP contribution in [0.3, 0.4) is 0 Å². The quantitative estimate of drug-likeness (QED) is 0.853. The summed E-state index contributed by atoms with van der Waals surface area (Å²) in [5.41, 5.74) is 7.59. The van der Waals surface area contributed by atoms with Gasteiger partial charge in [-0.25, -0.2) is 0 Å². The first-order valence-electron chi connectivity index (χ1n) is 6.30. The second kappa shape index (κ2) is 6.77. The zero-order chi connectivity index (χ0) is 13.3. The maximum Gasteiger partial charge on any atom is 0.0410 e. The molecule has 2 rings (SSSR count). The largest absolute Gasteiger partial charge is 0.327 e. The Hall–Kier alpha value is 0.200. The summed E-state index contributed by atoms with van der Waals surface area (Å²) >= 11 is 9.64. The van der Waals surface area contributed by atoms with Crippen LogP contribution in [-0.4, -0.2) is 24.0 Å². The van der Waals surface area contributed by atoms with E-state index in [4.69, 9.17) is 17.3 Å². The van der Waals surface area contributed by atoms with Gasteiger partial charge in [-0.3, -0.25) is 4.90 Å². The summed E-state index contributed by atoms with van der Waals surface area (Å²) in [5.74, 6) is 0. The molecule has 1 heterocycles. The molecule has 108 valence electrons. The van der Waals surface area contributed by atoms with Crippen molar-refractivity contribution in [1.29, 1.82) is 0 Å². The van der Waals surface area contributed by atoms with Crippen LogP contribution in [0.2, 0.25) is 5.02 Å². The van der Waals surface area contributed by atoms with E-state index in [1.54, 1.807) is 0 Å². The van der Waals surface area contributed by atoms with Gasteiger partial charge in [0, 0.05) is 35.2 Å². The molecular weight excluding hydrogens is 347 g/mol. The van der Waals surface area contributed by atoms with E-state index in [0.29, 0.717) is 6.04 Å². The van der Waals surface area contributed by atoms with E-state index < -0.39 is 0 Å². The maximum absolute atomic E-state index is 6.17. The predicted octanol–water partition coefficient (Wildman–Crippen LogP) is 4.08. The smallest absolute Gasteiger partial charge is 0.0410 e. The fraction of sp³-hybridized carbons (Fsp3) is 0.571. The van der Waals surface area contributed by atoms with Crippen molar-refractivity contribution >= 4 is 39.9 Å². The molecule has 1 unspecified atom stereocenters. The molecular formula is C14H21BrCl2N2. The molecule has 1 aliphatic heterocycles. The van der Waals surface area contributed by atoms with Crippen LogP contribution in [-0.2, 0) is 6.54 Å². The molecule has 2 nitrogen and oxygen atoms in total. The lowest BCUT2D eigenvalue weighted by Gasteiger charge is -2.42. The third-order valence-corrected chi connectivity index (χ3v) is 4.80. The van der Waals surface area contributed by atoms with Gasteiger partial charge in [-0.2, -0.15) is 0 Å². The summed E-state index contributed by atoms with van der Waals surface area (Å²) in [7, 11) is 0. The van der Waals surface area contributed by atoms with Gasteiger partial charge < -0.3 is 5.73 Å². The molecule has 1 atom stereocenters. The highest BCUT2D eigenvalue weighted by molar-refractivity contribution is 9.10. The van der Waals surface area contributed by atoms with Crippen molar-refractivity contribution in [2.45, 2.75) is 32.9 Å². The van der Waals surface area contributed by atoms with E-state index in [0.717, 1.165) is 35.6 Å². The summed E-state index contributed by atoms with van der Waals surface area (Å²) in [5, 5.41) is 0.793. The highest BCUT2D eigenvalue weighted by atomic mass is 79.9. The molecule has 1 aromatic rings. The molecule has 0 aromatic heterocycles. The van der Waals surface area contributed by atoms with Crippen LogP contribution >= 0.6 is 39.9 Å². The van der Waals surface area contributed by atoms with Crippen LogP contribution in [0, 0.1) is 5.41 Å². The Morgan fingerprint density at radius 1 is 1.47 bits per heavy atom. The van der Waals surface area contributed by atoms with Gasteiger partial charge in [0.15, 0.2) is 0 Å². The second-order valence-corrected chi connectivity index (χ2v) is 7.12. The first kappa shape index (κ1) is 17.3. The molecule has 0 bridgehead atoms. The van der Waals surface area contributed by atoms with Crippen molar-refractivity contribution in [2.24, 2.45) is 11.1 Å². The first-order chi connectivity index (χ1) is 8.38. The monoisotopic (exact) mass is 366 g/mol. The number of rotatable bonds is 2. The molecule has 0 saturated carbocycles. The molecule has 1 fully saturated rings. The number of piperidine rings is 1. The lowest BCUT2D eigenvalue weighted by atomic mass is 9.79. The number of likely N-dealkylation sites (tertiary alicyclic amines) is 1. The lowest BCUT2D eigenvalue weighted by molar-refractivity contribution is 0.0897. The third-order valence-electron chi connectivity index (χ3n) is 3.79. The number of halogens is 3. The van der Waals surface area contributed by atoms with Gasteiger partial charge in [-0.05, 0) is 35.6 Å². The van der Waals surface area contributed by atoms with Gasteiger partial charge in [-0.1, -0.05) is 41.4 Å². The van der Waals surface area contributed by atoms with E-state index in [-0.39, 0.29) is 17.8 Å². The van der Waals surface area contributed by atoms with Crippen molar-refractivity contribution in [3.8, 4) is 0 Å². The minimum absolute atomic E-state index is 0. The summed E-state index contributed by atoms with van der Waals surface area (Å²) in [4.78, 5) is 2.46. The fourth-order valence-electron chi connectivity index (χ4n) is 2.53. The predicted molar refractivity (Wildman–Crippen MR) is 88.1 cm³/mol. The minimum Gasteiger partial charge on any atom is -0.327 e. The maximum atomic E-state index is 6.17. The average Bonchev–Trinajstić information content (AvgIpc) is 2.28. The van der Waals surface area contributed by atoms with E-state index >= 15 is 0 Å². The Balaban J connectivity index is 0.00000180. The first-order valence-corrected chi connectivity index (χ1v) is 7.47. The Kier molecular flexibility index (Phi) is 6.15. The summed E-state index contributed by atoms with van der Waals surface area (Å²) in [6, 6.07) is 6.26. The van der Waals surface area contributed by atoms with Crippen LogP contribution in [0.1, 0.15) is 25.8 Å². The van der Waals surface area contributed by atoms with Crippen molar-refractivity contribution < 1.29 is 0 Å². The van der Waals surface area contributed by atoms with Crippen molar-refractivity contribution in [2.75, 3.05) is 13.1 Å². The lowest BCUT2D eigenvalue weighted by Crippen LogP contribution is -2.52. The zero-order valence-electron chi connectivity index (χ0n) is 11.3. The molecule has 1 aromatic carbocycles. The zero-order valence-corrected chi connectivity index (χ0v) is 14.5. The van der Waals surface area contributed by atoms with Crippen LogP contribution in [0.4, 0.5) is 0 Å². The summed E-state index contributed by atoms with van der Waals surface area (Å²) in [6.45, 7) is 7.52. The van der Waals surface area contributed by atoms with Crippen molar-refractivity contribution in [1.82, 2.24) is 4.90 Å². The second-order valence-electron chi connectivity index (χ2n) is 5.83. The Bertz CT molecular complexity index is 437. The fourth-order valence-corrected chi connectivity index (χ4v) is 3.09. The molecule has 0 spiro atoms. The highest BCUT2D eigenvalue weighted by Gasteiger charge is 2.33. The van der Waals surface area contributed by atoms with Crippen LogP contribution < -0.4 is 5.73 Å².